The molecule has 0 fully saturated rings. The lowest BCUT2D eigenvalue weighted by atomic mass is 9.93. The van der Waals surface area contributed by atoms with Gasteiger partial charge in [0.1, 0.15) is 0 Å². The van der Waals surface area contributed by atoms with Crippen LogP contribution < -0.4 is 15.2 Å². The van der Waals surface area contributed by atoms with Gasteiger partial charge in [0.05, 0.1) is 13.7 Å². The molecule has 0 spiro atoms. The third kappa shape index (κ3) is 4.01. The van der Waals surface area contributed by atoms with Crippen LogP contribution in [0.15, 0.2) is 18.2 Å². The predicted molar refractivity (Wildman–Crippen MR) is 67.0 cm³/mol. The van der Waals surface area contributed by atoms with Gasteiger partial charge in [-0.25, -0.2) is 0 Å². The third-order valence-corrected chi connectivity index (χ3v) is 2.30. The Morgan fingerprint density at radius 2 is 1.88 bits per heavy atom. The molecule has 0 amide bonds. The van der Waals surface area contributed by atoms with E-state index in [1.54, 1.807) is 13.2 Å². The van der Waals surface area contributed by atoms with Crippen LogP contribution in [0.1, 0.15) is 27.2 Å². The van der Waals surface area contributed by atoms with E-state index >= 15 is 0 Å². The SMILES string of the molecule is COc1cc(N)ccc1OCCC(C)(C)C. The summed E-state index contributed by atoms with van der Waals surface area (Å²) in [6, 6.07) is 5.43. The maximum absolute atomic E-state index is 5.68. The van der Waals surface area contributed by atoms with Crippen molar-refractivity contribution in [3.8, 4) is 11.5 Å². The number of nitrogen functional groups attached to an aromatic ring is 1. The number of benzene rings is 1. The summed E-state index contributed by atoms with van der Waals surface area (Å²) in [4.78, 5) is 0. The summed E-state index contributed by atoms with van der Waals surface area (Å²) < 4.78 is 10.9. The molecule has 0 unspecified atom stereocenters. The van der Waals surface area contributed by atoms with Crippen molar-refractivity contribution in [2.24, 2.45) is 5.41 Å². The molecule has 0 atom stereocenters. The lowest BCUT2D eigenvalue weighted by Crippen LogP contribution is -2.11. The van der Waals surface area contributed by atoms with E-state index in [9.17, 15) is 0 Å². The van der Waals surface area contributed by atoms with Gasteiger partial charge in [0.25, 0.3) is 0 Å². The zero-order valence-electron chi connectivity index (χ0n) is 10.5. The van der Waals surface area contributed by atoms with Crippen molar-refractivity contribution in [2.75, 3.05) is 19.5 Å². The minimum atomic E-state index is 0.279. The van der Waals surface area contributed by atoms with Gasteiger partial charge in [-0.15, -0.1) is 0 Å². The van der Waals surface area contributed by atoms with Crippen LogP contribution in [0.4, 0.5) is 5.69 Å². The minimum absolute atomic E-state index is 0.279. The lowest BCUT2D eigenvalue weighted by Gasteiger charge is -2.18. The average Bonchev–Trinajstić information content (AvgIpc) is 2.18. The van der Waals surface area contributed by atoms with E-state index in [0.717, 1.165) is 12.2 Å². The second-order valence-corrected chi connectivity index (χ2v) is 5.07. The molecule has 0 aliphatic heterocycles. The summed E-state index contributed by atoms with van der Waals surface area (Å²) in [6.45, 7) is 7.26. The molecule has 0 bridgehead atoms. The highest BCUT2D eigenvalue weighted by Crippen LogP contribution is 2.29. The van der Waals surface area contributed by atoms with Crippen molar-refractivity contribution in [3.05, 3.63) is 18.2 Å². The summed E-state index contributed by atoms with van der Waals surface area (Å²) in [7, 11) is 1.62. The number of methoxy groups -OCH3 is 1. The quantitative estimate of drug-likeness (QED) is 0.798. The smallest absolute Gasteiger partial charge is 0.162 e. The number of hydrogen-bond donors (Lipinski definition) is 1. The summed E-state index contributed by atoms with van der Waals surface area (Å²) in [5.41, 5.74) is 6.62. The Morgan fingerprint density at radius 3 is 2.44 bits per heavy atom. The van der Waals surface area contributed by atoms with E-state index < -0.39 is 0 Å². The largest absolute Gasteiger partial charge is 0.493 e. The average molecular weight is 223 g/mol. The van der Waals surface area contributed by atoms with Crippen molar-refractivity contribution in [1.29, 1.82) is 0 Å². The van der Waals surface area contributed by atoms with E-state index in [-0.39, 0.29) is 5.41 Å². The summed E-state index contributed by atoms with van der Waals surface area (Å²) >= 11 is 0. The van der Waals surface area contributed by atoms with E-state index in [1.165, 1.54) is 0 Å². The van der Waals surface area contributed by atoms with Crippen LogP contribution in [0.2, 0.25) is 0 Å². The molecule has 0 aliphatic carbocycles. The second kappa shape index (κ2) is 5.10. The molecule has 1 aromatic rings. The topological polar surface area (TPSA) is 44.5 Å². The summed E-state index contributed by atoms with van der Waals surface area (Å²) in [5.74, 6) is 1.44. The van der Waals surface area contributed by atoms with Gasteiger partial charge in [-0.1, -0.05) is 20.8 Å². The molecule has 1 rings (SSSR count). The second-order valence-electron chi connectivity index (χ2n) is 5.07. The zero-order chi connectivity index (χ0) is 12.2. The Kier molecular flexibility index (Phi) is 4.05. The molecule has 0 heterocycles. The van der Waals surface area contributed by atoms with Gasteiger partial charge in [-0.2, -0.15) is 0 Å². The highest BCUT2D eigenvalue weighted by molar-refractivity contribution is 5.51. The fourth-order valence-electron chi connectivity index (χ4n) is 1.27. The van der Waals surface area contributed by atoms with Crippen LogP contribution in [0.25, 0.3) is 0 Å². The maximum Gasteiger partial charge on any atom is 0.162 e. The predicted octanol–water partition coefficient (Wildman–Crippen LogP) is 3.09. The van der Waals surface area contributed by atoms with E-state index in [4.69, 9.17) is 15.2 Å². The molecule has 0 radical (unpaired) electrons. The number of rotatable bonds is 4. The standard InChI is InChI=1S/C13H21NO2/c1-13(2,3)7-8-16-11-6-5-10(14)9-12(11)15-4/h5-6,9H,7-8,14H2,1-4H3. The van der Waals surface area contributed by atoms with Gasteiger partial charge in [-0.3, -0.25) is 0 Å². The monoisotopic (exact) mass is 223 g/mol. The highest BCUT2D eigenvalue weighted by Gasteiger charge is 2.11. The number of anilines is 1. The van der Waals surface area contributed by atoms with Crippen molar-refractivity contribution >= 4 is 5.69 Å². The van der Waals surface area contributed by atoms with Crippen LogP contribution in [0, 0.1) is 5.41 Å². The fourth-order valence-corrected chi connectivity index (χ4v) is 1.27. The Morgan fingerprint density at radius 1 is 1.19 bits per heavy atom. The van der Waals surface area contributed by atoms with Gasteiger partial charge >= 0.3 is 0 Å². The van der Waals surface area contributed by atoms with Crippen molar-refractivity contribution in [3.63, 3.8) is 0 Å². The molecule has 2 N–H and O–H groups in total. The first kappa shape index (κ1) is 12.7. The normalized spacial score (nSPS) is 11.2. The number of nitrogens with two attached hydrogens (primary N) is 1. The first-order chi connectivity index (χ1) is 7.42. The van der Waals surface area contributed by atoms with Crippen LogP contribution in [0.5, 0.6) is 11.5 Å². The number of ether oxygens (including phenoxy) is 2. The first-order valence-corrected chi connectivity index (χ1v) is 5.49. The van der Waals surface area contributed by atoms with Gasteiger partial charge in [0.15, 0.2) is 11.5 Å². The van der Waals surface area contributed by atoms with E-state index in [0.29, 0.717) is 18.0 Å². The molecule has 3 heteroatoms. The van der Waals surface area contributed by atoms with Crippen LogP contribution in [-0.4, -0.2) is 13.7 Å². The van der Waals surface area contributed by atoms with Gasteiger partial charge in [0.2, 0.25) is 0 Å². The van der Waals surface area contributed by atoms with Gasteiger partial charge < -0.3 is 15.2 Å². The highest BCUT2D eigenvalue weighted by atomic mass is 16.5. The van der Waals surface area contributed by atoms with Gasteiger partial charge in [-0.05, 0) is 24.0 Å². The molecule has 90 valence electrons. The lowest BCUT2D eigenvalue weighted by molar-refractivity contribution is 0.234. The Balaban J connectivity index is 2.60. The molecular weight excluding hydrogens is 202 g/mol. The molecule has 0 saturated carbocycles. The number of hydrogen-bond acceptors (Lipinski definition) is 3. The molecule has 16 heavy (non-hydrogen) atoms. The summed E-state index contributed by atoms with van der Waals surface area (Å²) in [5, 5.41) is 0. The molecular formula is C13H21NO2. The zero-order valence-corrected chi connectivity index (χ0v) is 10.5. The van der Waals surface area contributed by atoms with Crippen LogP contribution in [-0.2, 0) is 0 Å². The fraction of sp³-hybridized carbons (Fsp3) is 0.538. The van der Waals surface area contributed by atoms with Gasteiger partial charge in [0, 0.05) is 11.8 Å². The minimum Gasteiger partial charge on any atom is -0.493 e. The Bertz CT molecular complexity index is 342. The third-order valence-electron chi connectivity index (χ3n) is 2.30. The molecule has 0 aromatic heterocycles. The van der Waals surface area contributed by atoms with Crippen molar-refractivity contribution in [2.45, 2.75) is 27.2 Å². The van der Waals surface area contributed by atoms with Crippen LogP contribution >= 0.6 is 0 Å². The van der Waals surface area contributed by atoms with Crippen molar-refractivity contribution < 1.29 is 9.47 Å². The Labute approximate surface area is 97.6 Å². The summed E-state index contributed by atoms with van der Waals surface area (Å²) in [6.07, 6.45) is 1.00. The van der Waals surface area contributed by atoms with Crippen LogP contribution in [0.3, 0.4) is 0 Å². The first-order valence-electron chi connectivity index (χ1n) is 5.49. The Hall–Kier alpha value is -1.38. The molecule has 0 saturated heterocycles. The molecule has 3 nitrogen and oxygen atoms in total. The maximum atomic E-state index is 5.68. The molecule has 0 aliphatic rings. The van der Waals surface area contributed by atoms with E-state index in [1.807, 2.05) is 12.1 Å². The molecule has 1 aromatic carbocycles. The van der Waals surface area contributed by atoms with E-state index in [2.05, 4.69) is 20.8 Å². The van der Waals surface area contributed by atoms with Crippen molar-refractivity contribution in [1.82, 2.24) is 0 Å².